The Morgan fingerprint density at radius 1 is 1.30 bits per heavy atom. The van der Waals surface area contributed by atoms with E-state index < -0.39 is 5.97 Å². The number of carbonyl (C=O) groups excluding carboxylic acids is 3. The largest absolute Gasteiger partial charge is 0.465 e. The van der Waals surface area contributed by atoms with Gasteiger partial charge in [0.1, 0.15) is 5.00 Å². The summed E-state index contributed by atoms with van der Waals surface area (Å²) in [6.07, 6.45) is 1.50. The number of likely N-dealkylation sites (tertiary alicyclic amines) is 1. The summed E-state index contributed by atoms with van der Waals surface area (Å²) in [5.41, 5.74) is 1.23. The quantitative estimate of drug-likeness (QED) is 0.786. The van der Waals surface area contributed by atoms with Gasteiger partial charge in [-0.1, -0.05) is 6.07 Å². The highest BCUT2D eigenvalue weighted by molar-refractivity contribution is 7.16. The van der Waals surface area contributed by atoms with Crippen LogP contribution in [0, 0.1) is 19.8 Å². The number of piperidine rings is 1. The van der Waals surface area contributed by atoms with Gasteiger partial charge in [0, 0.05) is 18.0 Å². The lowest BCUT2D eigenvalue weighted by Crippen LogP contribution is -2.43. The van der Waals surface area contributed by atoms with Gasteiger partial charge in [0.25, 0.3) is 5.91 Å². The number of anilines is 1. The third kappa shape index (κ3) is 4.06. The summed E-state index contributed by atoms with van der Waals surface area (Å²) in [5.74, 6) is -0.938. The summed E-state index contributed by atoms with van der Waals surface area (Å²) < 4.78 is 4.85. The van der Waals surface area contributed by atoms with Crippen LogP contribution >= 0.6 is 22.7 Å². The zero-order valence-electron chi connectivity index (χ0n) is 15.5. The predicted octanol–water partition coefficient (Wildman–Crippen LogP) is 3.70. The van der Waals surface area contributed by atoms with Gasteiger partial charge < -0.3 is 15.0 Å². The number of rotatable bonds is 4. The minimum Gasteiger partial charge on any atom is -0.465 e. The van der Waals surface area contributed by atoms with Gasteiger partial charge in [-0.05, 0) is 43.7 Å². The van der Waals surface area contributed by atoms with Crippen molar-refractivity contribution in [3.63, 3.8) is 0 Å². The molecule has 1 fully saturated rings. The van der Waals surface area contributed by atoms with E-state index in [4.69, 9.17) is 4.74 Å². The maximum Gasteiger partial charge on any atom is 0.341 e. The average molecular weight is 407 g/mol. The van der Waals surface area contributed by atoms with E-state index >= 15 is 0 Å². The number of aryl methyl sites for hydroxylation is 1. The number of methoxy groups -OCH3 is 1. The maximum absolute atomic E-state index is 12.8. The molecule has 2 amide bonds. The fourth-order valence-electron chi connectivity index (χ4n) is 3.21. The SMILES string of the molecule is COC(=O)c1c(NC(=O)C2CCCN(C(=O)c3cccs3)C2)sc(C)c1C. The first-order valence-corrected chi connectivity index (χ1v) is 10.4. The van der Waals surface area contributed by atoms with Crippen molar-refractivity contribution >= 4 is 45.5 Å². The predicted molar refractivity (Wildman–Crippen MR) is 107 cm³/mol. The first-order valence-electron chi connectivity index (χ1n) is 8.74. The van der Waals surface area contributed by atoms with E-state index in [2.05, 4.69) is 5.32 Å². The Kier molecular flexibility index (Phi) is 5.96. The molecule has 27 heavy (non-hydrogen) atoms. The van der Waals surface area contributed by atoms with Crippen LogP contribution in [0.5, 0.6) is 0 Å². The molecule has 1 atom stereocenters. The summed E-state index contributed by atoms with van der Waals surface area (Å²) in [4.78, 5) is 40.8. The molecule has 0 saturated carbocycles. The van der Waals surface area contributed by atoms with Crippen LogP contribution in [0.1, 0.15) is 43.3 Å². The molecular weight excluding hydrogens is 384 g/mol. The molecule has 2 aromatic heterocycles. The van der Waals surface area contributed by atoms with Crippen LogP contribution in [0.25, 0.3) is 0 Å². The number of thiophene rings is 2. The minimum absolute atomic E-state index is 0.0273. The van der Waals surface area contributed by atoms with Crippen LogP contribution in [0.2, 0.25) is 0 Å². The van der Waals surface area contributed by atoms with Gasteiger partial charge in [0.05, 0.1) is 23.5 Å². The average Bonchev–Trinajstić information content (AvgIpc) is 3.30. The number of esters is 1. The van der Waals surface area contributed by atoms with Crippen LogP contribution in [0.15, 0.2) is 17.5 Å². The van der Waals surface area contributed by atoms with Crippen molar-refractivity contribution in [2.24, 2.45) is 5.92 Å². The smallest absolute Gasteiger partial charge is 0.341 e. The molecule has 6 nitrogen and oxygen atoms in total. The molecule has 1 saturated heterocycles. The molecule has 144 valence electrons. The molecule has 0 aromatic carbocycles. The van der Waals surface area contributed by atoms with Crippen molar-refractivity contribution in [2.45, 2.75) is 26.7 Å². The monoisotopic (exact) mass is 406 g/mol. The number of hydrogen-bond donors (Lipinski definition) is 1. The van der Waals surface area contributed by atoms with E-state index in [1.807, 2.05) is 25.3 Å². The van der Waals surface area contributed by atoms with E-state index in [0.29, 0.717) is 28.5 Å². The zero-order chi connectivity index (χ0) is 19.6. The van der Waals surface area contributed by atoms with Gasteiger partial charge in [-0.25, -0.2) is 4.79 Å². The van der Waals surface area contributed by atoms with Crippen molar-refractivity contribution in [1.29, 1.82) is 0 Å². The number of hydrogen-bond acceptors (Lipinski definition) is 6. The third-order valence-electron chi connectivity index (χ3n) is 4.82. The minimum atomic E-state index is -0.453. The Morgan fingerprint density at radius 2 is 2.07 bits per heavy atom. The standard InChI is InChI=1S/C19H22N2O4S2/c1-11-12(2)27-17(15(11)19(24)25-3)20-16(22)13-6-4-8-21(10-13)18(23)14-7-5-9-26-14/h5,7,9,13H,4,6,8,10H2,1-3H3,(H,20,22). The van der Waals surface area contributed by atoms with E-state index in [9.17, 15) is 14.4 Å². The number of carbonyl (C=O) groups is 3. The Balaban J connectivity index is 1.72. The molecule has 8 heteroatoms. The summed E-state index contributed by atoms with van der Waals surface area (Å²) in [6, 6.07) is 3.65. The number of nitrogens with one attached hydrogen (secondary N) is 1. The maximum atomic E-state index is 12.8. The van der Waals surface area contributed by atoms with E-state index in [1.165, 1.54) is 29.8 Å². The molecule has 2 aromatic rings. The van der Waals surface area contributed by atoms with Gasteiger partial charge in [0.2, 0.25) is 5.91 Å². The Hall–Kier alpha value is -2.19. The van der Waals surface area contributed by atoms with Crippen molar-refractivity contribution in [3.05, 3.63) is 38.4 Å². The Labute approximate surface area is 166 Å². The lowest BCUT2D eigenvalue weighted by molar-refractivity contribution is -0.121. The Morgan fingerprint density at radius 3 is 2.74 bits per heavy atom. The normalized spacial score (nSPS) is 16.9. The Bertz CT molecular complexity index is 857. The topological polar surface area (TPSA) is 75.7 Å². The van der Waals surface area contributed by atoms with Crippen molar-refractivity contribution in [1.82, 2.24) is 4.90 Å². The lowest BCUT2D eigenvalue weighted by atomic mass is 9.97. The van der Waals surface area contributed by atoms with Gasteiger partial charge in [0.15, 0.2) is 0 Å². The fourth-order valence-corrected chi connectivity index (χ4v) is 4.95. The molecule has 0 spiro atoms. The molecule has 1 aliphatic rings. The molecule has 1 unspecified atom stereocenters. The van der Waals surface area contributed by atoms with Crippen LogP contribution < -0.4 is 5.32 Å². The highest BCUT2D eigenvalue weighted by atomic mass is 32.1. The van der Waals surface area contributed by atoms with Crippen molar-refractivity contribution < 1.29 is 19.1 Å². The van der Waals surface area contributed by atoms with Crippen LogP contribution in [0.4, 0.5) is 5.00 Å². The summed E-state index contributed by atoms with van der Waals surface area (Å²) in [7, 11) is 1.33. The molecule has 3 rings (SSSR count). The number of ether oxygens (including phenoxy) is 1. The second kappa shape index (κ2) is 8.22. The summed E-state index contributed by atoms with van der Waals surface area (Å²) in [5, 5.41) is 5.28. The number of nitrogens with zero attached hydrogens (tertiary/aromatic N) is 1. The highest BCUT2D eigenvalue weighted by Crippen LogP contribution is 2.33. The van der Waals surface area contributed by atoms with E-state index in [-0.39, 0.29) is 17.7 Å². The van der Waals surface area contributed by atoms with E-state index in [0.717, 1.165) is 23.3 Å². The van der Waals surface area contributed by atoms with Gasteiger partial charge in [-0.2, -0.15) is 0 Å². The molecule has 0 radical (unpaired) electrons. The summed E-state index contributed by atoms with van der Waals surface area (Å²) >= 11 is 2.78. The second-order valence-electron chi connectivity index (χ2n) is 6.54. The van der Waals surface area contributed by atoms with Crippen LogP contribution in [0.3, 0.4) is 0 Å². The molecule has 1 aliphatic heterocycles. The van der Waals surface area contributed by atoms with Crippen molar-refractivity contribution in [2.75, 3.05) is 25.5 Å². The second-order valence-corrected chi connectivity index (χ2v) is 8.71. The first kappa shape index (κ1) is 19.6. The number of amides is 2. The molecular formula is C19H22N2O4S2. The lowest BCUT2D eigenvalue weighted by Gasteiger charge is -2.31. The van der Waals surface area contributed by atoms with Crippen molar-refractivity contribution in [3.8, 4) is 0 Å². The van der Waals surface area contributed by atoms with Gasteiger partial charge in [-0.3, -0.25) is 9.59 Å². The molecule has 1 N–H and O–H groups in total. The molecule has 0 bridgehead atoms. The molecule has 3 heterocycles. The van der Waals surface area contributed by atoms with E-state index in [1.54, 1.807) is 11.0 Å². The van der Waals surface area contributed by atoms with Gasteiger partial charge >= 0.3 is 5.97 Å². The molecule has 0 aliphatic carbocycles. The van der Waals surface area contributed by atoms with Crippen LogP contribution in [-0.2, 0) is 9.53 Å². The first-order chi connectivity index (χ1) is 12.9. The fraction of sp³-hybridized carbons (Fsp3) is 0.421. The van der Waals surface area contributed by atoms with Crippen LogP contribution in [-0.4, -0.2) is 42.9 Å². The van der Waals surface area contributed by atoms with Gasteiger partial charge in [-0.15, -0.1) is 22.7 Å². The highest BCUT2D eigenvalue weighted by Gasteiger charge is 2.31. The zero-order valence-corrected chi connectivity index (χ0v) is 17.2. The third-order valence-corrected chi connectivity index (χ3v) is 6.80. The summed E-state index contributed by atoms with van der Waals surface area (Å²) in [6.45, 7) is 4.80.